The molecule has 0 radical (unpaired) electrons. The zero-order valence-corrected chi connectivity index (χ0v) is 11.4. The fourth-order valence-electron chi connectivity index (χ4n) is 2.43. The second-order valence-corrected chi connectivity index (χ2v) is 4.99. The SMILES string of the molecule is CNC1CCC(OCC(=O)Nc2ccccc2)CC1. The smallest absolute Gasteiger partial charge is 0.250 e. The number of hydrogen-bond acceptors (Lipinski definition) is 3. The lowest BCUT2D eigenvalue weighted by atomic mass is 9.93. The Morgan fingerprint density at radius 2 is 1.89 bits per heavy atom. The molecule has 104 valence electrons. The van der Waals surface area contributed by atoms with Crippen LogP contribution in [0.5, 0.6) is 0 Å². The molecular formula is C15H22N2O2. The van der Waals surface area contributed by atoms with E-state index in [0.717, 1.165) is 31.4 Å². The summed E-state index contributed by atoms with van der Waals surface area (Å²) >= 11 is 0. The fourth-order valence-corrected chi connectivity index (χ4v) is 2.43. The van der Waals surface area contributed by atoms with E-state index in [1.54, 1.807) is 0 Å². The van der Waals surface area contributed by atoms with Crippen LogP contribution in [0.1, 0.15) is 25.7 Å². The van der Waals surface area contributed by atoms with Crippen LogP contribution in [0.2, 0.25) is 0 Å². The van der Waals surface area contributed by atoms with Gasteiger partial charge in [-0.3, -0.25) is 4.79 Å². The third-order valence-corrected chi connectivity index (χ3v) is 3.59. The first-order valence-corrected chi connectivity index (χ1v) is 6.91. The first kappa shape index (κ1) is 14.0. The average Bonchev–Trinajstić information content (AvgIpc) is 2.47. The quantitative estimate of drug-likeness (QED) is 0.855. The van der Waals surface area contributed by atoms with Crippen LogP contribution in [0.4, 0.5) is 5.69 Å². The largest absolute Gasteiger partial charge is 0.368 e. The van der Waals surface area contributed by atoms with Gasteiger partial charge in [0.25, 0.3) is 0 Å². The van der Waals surface area contributed by atoms with Crippen LogP contribution in [-0.4, -0.2) is 31.7 Å². The van der Waals surface area contributed by atoms with Gasteiger partial charge in [0, 0.05) is 11.7 Å². The van der Waals surface area contributed by atoms with Gasteiger partial charge in [-0.2, -0.15) is 0 Å². The number of benzene rings is 1. The van der Waals surface area contributed by atoms with Gasteiger partial charge in [-0.15, -0.1) is 0 Å². The van der Waals surface area contributed by atoms with Crippen molar-refractivity contribution in [2.75, 3.05) is 19.0 Å². The van der Waals surface area contributed by atoms with E-state index in [4.69, 9.17) is 4.74 Å². The third kappa shape index (κ3) is 4.65. The molecule has 1 aromatic carbocycles. The van der Waals surface area contributed by atoms with E-state index in [9.17, 15) is 4.79 Å². The number of rotatable bonds is 5. The highest BCUT2D eigenvalue weighted by molar-refractivity contribution is 5.91. The Kier molecular flexibility index (Phi) is 5.36. The molecule has 1 aliphatic rings. The van der Waals surface area contributed by atoms with Crippen molar-refractivity contribution in [3.63, 3.8) is 0 Å². The zero-order chi connectivity index (χ0) is 13.5. The summed E-state index contributed by atoms with van der Waals surface area (Å²) in [5.41, 5.74) is 0.815. The van der Waals surface area contributed by atoms with Crippen LogP contribution in [0.3, 0.4) is 0 Å². The normalized spacial score (nSPS) is 23.0. The minimum absolute atomic E-state index is 0.0815. The zero-order valence-electron chi connectivity index (χ0n) is 11.4. The van der Waals surface area contributed by atoms with Crippen molar-refractivity contribution in [2.24, 2.45) is 0 Å². The van der Waals surface area contributed by atoms with Crippen molar-refractivity contribution in [3.05, 3.63) is 30.3 Å². The van der Waals surface area contributed by atoms with Crippen molar-refractivity contribution in [1.82, 2.24) is 5.32 Å². The molecule has 0 bridgehead atoms. The van der Waals surface area contributed by atoms with Crippen molar-refractivity contribution < 1.29 is 9.53 Å². The second-order valence-electron chi connectivity index (χ2n) is 4.99. The lowest BCUT2D eigenvalue weighted by Crippen LogP contribution is -2.34. The molecule has 1 saturated carbocycles. The topological polar surface area (TPSA) is 50.4 Å². The summed E-state index contributed by atoms with van der Waals surface area (Å²) in [6, 6.07) is 10.1. The molecular weight excluding hydrogens is 240 g/mol. The molecule has 4 nitrogen and oxygen atoms in total. The molecule has 4 heteroatoms. The predicted octanol–water partition coefficient (Wildman–Crippen LogP) is 2.17. The summed E-state index contributed by atoms with van der Waals surface area (Å²) < 4.78 is 5.67. The highest BCUT2D eigenvalue weighted by Crippen LogP contribution is 2.20. The molecule has 1 amide bonds. The maximum absolute atomic E-state index is 11.7. The Balaban J connectivity index is 1.67. The van der Waals surface area contributed by atoms with Gasteiger partial charge in [-0.05, 0) is 44.9 Å². The molecule has 0 spiro atoms. The maximum atomic E-state index is 11.7. The number of hydrogen-bond donors (Lipinski definition) is 2. The number of amides is 1. The monoisotopic (exact) mass is 262 g/mol. The number of ether oxygens (including phenoxy) is 1. The van der Waals surface area contributed by atoms with Crippen LogP contribution < -0.4 is 10.6 Å². The number of para-hydroxylation sites is 1. The van der Waals surface area contributed by atoms with Gasteiger partial charge in [-0.1, -0.05) is 18.2 Å². The summed E-state index contributed by atoms with van der Waals surface area (Å²) in [5, 5.41) is 6.11. The van der Waals surface area contributed by atoms with Gasteiger partial charge in [0.05, 0.1) is 6.10 Å². The van der Waals surface area contributed by atoms with Crippen LogP contribution in [-0.2, 0) is 9.53 Å². The Labute approximate surface area is 114 Å². The van der Waals surface area contributed by atoms with Crippen molar-refractivity contribution in [3.8, 4) is 0 Å². The average molecular weight is 262 g/mol. The number of carbonyl (C=O) groups excluding carboxylic acids is 1. The molecule has 0 aromatic heterocycles. The van der Waals surface area contributed by atoms with Crippen LogP contribution in [0.15, 0.2) is 30.3 Å². The van der Waals surface area contributed by atoms with Crippen LogP contribution >= 0.6 is 0 Å². The minimum Gasteiger partial charge on any atom is -0.368 e. The molecule has 0 heterocycles. The highest BCUT2D eigenvalue weighted by atomic mass is 16.5. The third-order valence-electron chi connectivity index (χ3n) is 3.59. The van der Waals surface area contributed by atoms with Gasteiger partial charge in [-0.25, -0.2) is 0 Å². The standard InChI is InChI=1S/C15H22N2O2/c1-16-12-7-9-14(10-8-12)19-11-15(18)17-13-5-3-2-4-6-13/h2-6,12,14,16H,7-11H2,1H3,(H,17,18). The van der Waals surface area contributed by atoms with Crippen molar-refractivity contribution >= 4 is 11.6 Å². The van der Waals surface area contributed by atoms with Crippen molar-refractivity contribution in [1.29, 1.82) is 0 Å². The van der Waals surface area contributed by atoms with Gasteiger partial charge >= 0.3 is 0 Å². The Morgan fingerprint density at radius 1 is 1.21 bits per heavy atom. The fraction of sp³-hybridized carbons (Fsp3) is 0.533. The number of nitrogens with one attached hydrogen (secondary N) is 2. The maximum Gasteiger partial charge on any atom is 0.250 e. The first-order chi connectivity index (χ1) is 9.28. The molecule has 1 aliphatic carbocycles. The number of anilines is 1. The Bertz CT molecular complexity index is 386. The molecule has 1 aromatic rings. The summed E-state index contributed by atoms with van der Waals surface area (Å²) in [6.07, 6.45) is 4.54. The summed E-state index contributed by atoms with van der Waals surface area (Å²) in [4.78, 5) is 11.7. The van der Waals surface area contributed by atoms with E-state index in [1.165, 1.54) is 0 Å². The highest BCUT2D eigenvalue weighted by Gasteiger charge is 2.20. The van der Waals surface area contributed by atoms with Gasteiger partial charge in [0.15, 0.2) is 0 Å². The summed E-state index contributed by atoms with van der Waals surface area (Å²) in [7, 11) is 2.00. The van der Waals surface area contributed by atoms with Crippen molar-refractivity contribution in [2.45, 2.75) is 37.8 Å². The first-order valence-electron chi connectivity index (χ1n) is 6.91. The van der Waals surface area contributed by atoms with E-state index in [1.807, 2.05) is 37.4 Å². The molecule has 19 heavy (non-hydrogen) atoms. The molecule has 1 fully saturated rings. The minimum atomic E-state index is -0.0815. The van der Waals surface area contributed by atoms with Gasteiger partial charge in [0.2, 0.25) is 5.91 Å². The molecule has 2 rings (SSSR count). The van der Waals surface area contributed by atoms with E-state index < -0.39 is 0 Å². The Hall–Kier alpha value is -1.39. The predicted molar refractivity (Wildman–Crippen MR) is 76.1 cm³/mol. The molecule has 0 saturated heterocycles. The molecule has 0 aliphatic heterocycles. The summed E-state index contributed by atoms with van der Waals surface area (Å²) in [6.45, 7) is 0.143. The summed E-state index contributed by atoms with van der Waals surface area (Å²) in [5.74, 6) is -0.0815. The Morgan fingerprint density at radius 3 is 2.53 bits per heavy atom. The van der Waals surface area contributed by atoms with Crippen LogP contribution in [0, 0.1) is 0 Å². The van der Waals surface area contributed by atoms with Gasteiger partial charge < -0.3 is 15.4 Å². The second kappa shape index (κ2) is 7.26. The number of carbonyl (C=O) groups is 1. The molecule has 0 unspecified atom stereocenters. The van der Waals surface area contributed by atoms with E-state index >= 15 is 0 Å². The lowest BCUT2D eigenvalue weighted by molar-refractivity contribution is -0.123. The molecule has 0 atom stereocenters. The van der Waals surface area contributed by atoms with Crippen LogP contribution in [0.25, 0.3) is 0 Å². The van der Waals surface area contributed by atoms with E-state index in [-0.39, 0.29) is 18.6 Å². The van der Waals surface area contributed by atoms with E-state index in [0.29, 0.717) is 6.04 Å². The van der Waals surface area contributed by atoms with E-state index in [2.05, 4.69) is 10.6 Å². The van der Waals surface area contributed by atoms with Gasteiger partial charge in [0.1, 0.15) is 6.61 Å². The lowest BCUT2D eigenvalue weighted by Gasteiger charge is -2.28. The molecule has 2 N–H and O–H groups in total.